The maximum atomic E-state index is 12.8. The molecule has 2 heterocycles. The fourth-order valence-corrected chi connectivity index (χ4v) is 4.88. The van der Waals surface area contributed by atoms with Crippen LogP contribution in [0, 0.1) is 0 Å². The maximum absolute atomic E-state index is 12.8. The molecule has 4 nitrogen and oxygen atoms in total. The lowest BCUT2D eigenvalue weighted by Gasteiger charge is -2.33. The predicted octanol–water partition coefficient (Wildman–Crippen LogP) is 4.04. The first-order chi connectivity index (χ1) is 12.1. The Hall–Kier alpha value is -2.40. The van der Waals surface area contributed by atoms with Crippen molar-refractivity contribution in [3.05, 3.63) is 57.7 Å². The van der Waals surface area contributed by atoms with E-state index in [9.17, 15) is 9.59 Å². The summed E-state index contributed by atoms with van der Waals surface area (Å²) in [7, 11) is 1.39. The average molecular weight is 353 g/mol. The quantitative estimate of drug-likeness (QED) is 0.828. The van der Waals surface area contributed by atoms with Gasteiger partial charge in [-0.15, -0.1) is 11.3 Å². The molecule has 25 heavy (non-hydrogen) atoms. The zero-order valence-corrected chi connectivity index (χ0v) is 15.0. The van der Waals surface area contributed by atoms with Crippen molar-refractivity contribution in [1.82, 2.24) is 5.32 Å². The minimum absolute atomic E-state index is 0.128. The Balaban J connectivity index is 1.98. The number of methoxy groups -OCH3 is 1. The fourth-order valence-electron chi connectivity index (χ4n) is 3.90. The topological polar surface area (TPSA) is 55.4 Å². The second kappa shape index (κ2) is 6.15. The van der Waals surface area contributed by atoms with Gasteiger partial charge >= 0.3 is 5.97 Å². The first-order valence-electron chi connectivity index (χ1n) is 8.40. The van der Waals surface area contributed by atoms with Crippen LogP contribution in [0.25, 0.3) is 10.1 Å². The summed E-state index contributed by atoms with van der Waals surface area (Å²) in [6, 6.07) is 8.12. The molecule has 4 rings (SSSR count). The highest BCUT2D eigenvalue weighted by molar-refractivity contribution is 7.17. The number of rotatable bonds is 2. The van der Waals surface area contributed by atoms with Crippen LogP contribution in [0.5, 0.6) is 0 Å². The third-order valence-corrected chi connectivity index (χ3v) is 5.98. The lowest BCUT2D eigenvalue weighted by atomic mass is 9.75. The number of fused-ring (bicyclic) bond motifs is 1. The monoisotopic (exact) mass is 353 g/mol. The Labute approximate surface area is 150 Å². The summed E-state index contributed by atoms with van der Waals surface area (Å²) in [6.45, 7) is 1.89. The molecular formula is C20H19NO3S. The molecule has 0 fully saturated rings. The maximum Gasteiger partial charge on any atom is 0.336 e. The third kappa shape index (κ3) is 2.50. The number of hydrogen-bond donors (Lipinski definition) is 1. The van der Waals surface area contributed by atoms with Gasteiger partial charge in [-0.25, -0.2) is 4.79 Å². The van der Waals surface area contributed by atoms with Crippen LogP contribution in [0.4, 0.5) is 0 Å². The molecule has 0 bridgehead atoms. The van der Waals surface area contributed by atoms with Crippen molar-refractivity contribution in [2.24, 2.45) is 0 Å². The normalized spacial score (nSPS) is 20.6. The summed E-state index contributed by atoms with van der Waals surface area (Å²) >= 11 is 1.64. The molecule has 0 saturated heterocycles. The lowest BCUT2D eigenvalue weighted by molar-refractivity contribution is -0.136. The molecule has 128 valence electrons. The number of carbonyl (C=O) groups excluding carboxylic acids is 2. The highest BCUT2D eigenvalue weighted by Crippen LogP contribution is 2.45. The van der Waals surface area contributed by atoms with Crippen LogP contribution in [-0.4, -0.2) is 18.9 Å². The molecule has 1 aliphatic carbocycles. The molecule has 0 amide bonds. The van der Waals surface area contributed by atoms with Gasteiger partial charge in [0, 0.05) is 34.0 Å². The number of thiophene rings is 1. The molecule has 1 atom stereocenters. The highest BCUT2D eigenvalue weighted by Gasteiger charge is 2.39. The molecule has 1 aromatic carbocycles. The summed E-state index contributed by atoms with van der Waals surface area (Å²) < 4.78 is 6.20. The van der Waals surface area contributed by atoms with E-state index in [0.717, 1.165) is 45.5 Å². The third-order valence-electron chi connectivity index (χ3n) is 5.00. The van der Waals surface area contributed by atoms with E-state index in [4.69, 9.17) is 4.74 Å². The van der Waals surface area contributed by atoms with Gasteiger partial charge in [-0.05, 0) is 42.2 Å². The summed E-state index contributed by atoms with van der Waals surface area (Å²) in [6.07, 6.45) is 2.22. The number of nitrogens with one attached hydrogen (secondary N) is 1. The Morgan fingerprint density at radius 1 is 1.28 bits per heavy atom. The number of benzene rings is 1. The Morgan fingerprint density at radius 3 is 2.88 bits per heavy atom. The number of allylic oxidation sites excluding steroid dienone is 3. The molecule has 0 saturated carbocycles. The van der Waals surface area contributed by atoms with E-state index in [0.29, 0.717) is 12.0 Å². The molecule has 1 aliphatic heterocycles. The van der Waals surface area contributed by atoms with Gasteiger partial charge in [-0.1, -0.05) is 18.2 Å². The first kappa shape index (κ1) is 16.1. The van der Waals surface area contributed by atoms with Crippen LogP contribution in [0.2, 0.25) is 0 Å². The average Bonchev–Trinajstić information content (AvgIpc) is 3.04. The van der Waals surface area contributed by atoms with Crippen molar-refractivity contribution in [2.75, 3.05) is 7.11 Å². The van der Waals surface area contributed by atoms with Gasteiger partial charge in [0.2, 0.25) is 0 Å². The molecule has 1 aromatic heterocycles. The minimum atomic E-state index is -0.379. The molecule has 1 unspecified atom stereocenters. The van der Waals surface area contributed by atoms with Crippen LogP contribution in [0.3, 0.4) is 0 Å². The number of Topliss-reactive ketones (excluding diaryl/α,β-unsaturated/α-hetero) is 1. The number of esters is 1. The molecule has 2 aromatic rings. The number of hydrogen-bond acceptors (Lipinski definition) is 5. The largest absolute Gasteiger partial charge is 0.466 e. The van der Waals surface area contributed by atoms with Gasteiger partial charge < -0.3 is 10.1 Å². The van der Waals surface area contributed by atoms with Gasteiger partial charge in [0.1, 0.15) is 0 Å². The zero-order chi connectivity index (χ0) is 17.6. The van der Waals surface area contributed by atoms with Crippen molar-refractivity contribution in [3.63, 3.8) is 0 Å². The van der Waals surface area contributed by atoms with E-state index < -0.39 is 0 Å². The van der Waals surface area contributed by atoms with Crippen molar-refractivity contribution in [1.29, 1.82) is 0 Å². The van der Waals surface area contributed by atoms with E-state index >= 15 is 0 Å². The molecule has 5 heteroatoms. The number of ether oxygens (including phenoxy) is 1. The smallest absolute Gasteiger partial charge is 0.336 e. The van der Waals surface area contributed by atoms with E-state index in [1.54, 1.807) is 11.3 Å². The van der Waals surface area contributed by atoms with Crippen molar-refractivity contribution < 1.29 is 14.3 Å². The van der Waals surface area contributed by atoms with Crippen molar-refractivity contribution >= 4 is 33.2 Å². The van der Waals surface area contributed by atoms with Gasteiger partial charge in [0.25, 0.3) is 0 Å². The molecule has 0 radical (unpaired) electrons. The second-order valence-corrected chi connectivity index (χ2v) is 7.36. The SMILES string of the molecule is COC(=O)C1=C(C)NC2=C(C(=O)CCC2)C1c1csc2ccccc12. The van der Waals surface area contributed by atoms with Crippen LogP contribution in [0.15, 0.2) is 52.2 Å². The van der Waals surface area contributed by atoms with Gasteiger partial charge in [0.05, 0.1) is 12.7 Å². The summed E-state index contributed by atoms with van der Waals surface area (Å²) in [4.78, 5) is 25.3. The molecule has 1 N–H and O–H groups in total. The predicted molar refractivity (Wildman–Crippen MR) is 98.3 cm³/mol. The standard InChI is InChI=1S/C20H19NO3S/c1-11-17(20(23)24-2)18(19-14(21-11)7-5-8-15(19)22)13-10-25-16-9-4-3-6-12(13)16/h3-4,6,9-10,18,21H,5,7-8H2,1-2H3. The Kier molecular flexibility index (Phi) is 3.96. The van der Waals surface area contributed by atoms with Crippen LogP contribution >= 0.6 is 11.3 Å². The van der Waals surface area contributed by atoms with Crippen molar-refractivity contribution in [2.45, 2.75) is 32.1 Å². The zero-order valence-electron chi connectivity index (χ0n) is 14.2. The number of dihydropyridines is 1. The molecule has 2 aliphatic rings. The highest BCUT2D eigenvalue weighted by atomic mass is 32.1. The second-order valence-electron chi connectivity index (χ2n) is 6.44. The van der Waals surface area contributed by atoms with Gasteiger partial charge in [0.15, 0.2) is 5.78 Å². The van der Waals surface area contributed by atoms with Crippen LogP contribution in [-0.2, 0) is 14.3 Å². The minimum Gasteiger partial charge on any atom is -0.466 e. The molecular weight excluding hydrogens is 334 g/mol. The van der Waals surface area contributed by atoms with E-state index in [1.807, 2.05) is 19.1 Å². The summed E-state index contributed by atoms with van der Waals surface area (Å²) in [5, 5.41) is 6.46. The van der Waals surface area contributed by atoms with E-state index in [1.165, 1.54) is 7.11 Å². The molecule has 0 spiro atoms. The fraction of sp³-hybridized carbons (Fsp3) is 0.300. The van der Waals surface area contributed by atoms with E-state index in [-0.39, 0.29) is 17.7 Å². The van der Waals surface area contributed by atoms with Crippen LogP contribution < -0.4 is 5.32 Å². The van der Waals surface area contributed by atoms with Gasteiger partial charge in [-0.3, -0.25) is 4.79 Å². The van der Waals surface area contributed by atoms with Crippen molar-refractivity contribution in [3.8, 4) is 0 Å². The van der Waals surface area contributed by atoms with Gasteiger partial charge in [-0.2, -0.15) is 0 Å². The number of carbonyl (C=O) groups is 2. The lowest BCUT2D eigenvalue weighted by Crippen LogP contribution is -2.34. The number of ketones is 1. The van der Waals surface area contributed by atoms with E-state index in [2.05, 4.69) is 22.8 Å². The Morgan fingerprint density at radius 2 is 2.08 bits per heavy atom. The summed E-state index contributed by atoms with van der Waals surface area (Å²) in [5.41, 5.74) is 4.03. The summed E-state index contributed by atoms with van der Waals surface area (Å²) in [5.74, 6) is -0.606. The Bertz CT molecular complexity index is 951. The van der Waals surface area contributed by atoms with Crippen LogP contribution in [0.1, 0.15) is 37.7 Å². The first-order valence-corrected chi connectivity index (χ1v) is 9.28.